The van der Waals surface area contributed by atoms with E-state index >= 15 is 0 Å². The first-order valence-corrected chi connectivity index (χ1v) is 5.47. The maximum atomic E-state index is 11.8. The maximum absolute atomic E-state index is 11.8. The van der Waals surface area contributed by atoms with Crippen LogP contribution in [0.4, 0.5) is 0 Å². The largest absolute Gasteiger partial charge is 0.496 e. The summed E-state index contributed by atoms with van der Waals surface area (Å²) in [5.41, 5.74) is 6.77. The fourth-order valence-corrected chi connectivity index (χ4v) is 1.42. The second-order valence-electron chi connectivity index (χ2n) is 3.78. The molecule has 98 valence electrons. The van der Waals surface area contributed by atoms with E-state index in [1.165, 1.54) is 0 Å². The molecule has 1 amide bonds. The van der Waals surface area contributed by atoms with Crippen LogP contribution in [-0.4, -0.2) is 30.6 Å². The number of methoxy groups -OCH3 is 1. The molecule has 0 atom stereocenters. The fourth-order valence-electron chi connectivity index (χ4n) is 1.42. The van der Waals surface area contributed by atoms with Crippen LogP contribution in [-0.2, 0) is 0 Å². The number of carbonyl (C=O) groups excluding carboxylic acids is 1. The Bertz CT molecular complexity index is 458. The standard InChI is InChI=1S/C12H17N3O3/c1-8-3-4-9(7-10(8)18-2)12(16)14-6-5-11(13)15-17/h3-4,7,17H,5-6H2,1-2H3,(H2,13,15)(H,14,16). The van der Waals surface area contributed by atoms with Crippen LogP contribution in [0.15, 0.2) is 23.4 Å². The topological polar surface area (TPSA) is 96.9 Å². The first-order chi connectivity index (χ1) is 8.58. The molecule has 1 aromatic carbocycles. The molecule has 0 spiro atoms. The Morgan fingerprint density at radius 3 is 2.89 bits per heavy atom. The lowest BCUT2D eigenvalue weighted by molar-refractivity contribution is 0.0954. The predicted molar refractivity (Wildman–Crippen MR) is 68.1 cm³/mol. The van der Waals surface area contributed by atoms with Crippen LogP contribution in [0.3, 0.4) is 0 Å². The van der Waals surface area contributed by atoms with Gasteiger partial charge in [0.2, 0.25) is 0 Å². The molecule has 0 aliphatic carbocycles. The number of benzene rings is 1. The van der Waals surface area contributed by atoms with Crippen LogP contribution < -0.4 is 15.8 Å². The van der Waals surface area contributed by atoms with Gasteiger partial charge < -0.3 is 21.0 Å². The van der Waals surface area contributed by atoms with Crippen LogP contribution in [0, 0.1) is 6.92 Å². The van der Waals surface area contributed by atoms with E-state index in [1.807, 2.05) is 13.0 Å². The van der Waals surface area contributed by atoms with E-state index in [-0.39, 0.29) is 11.7 Å². The van der Waals surface area contributed by atoms with Gasteiger partial charge in [0.15, 0.2) is 0 Å². The maximum Gasteiger partial charge on any atom is 0.251 e. The monoisotopic (exact) mass is 251 g/mol. The molecule has 0 radical (unpaired) electrons. The van der Waals surface area contributed by atoms with Crippen molar-refractivity contribution in [1.29, 1.82) is 0 Å². The fraction of sp³-hybridized carbons (Fsp3) is 0.333. The minimum absolute atomic E-state index is 0.0804. The van der Waals surface area contributed by atoms with Gasteiger partial charge in [-0.15, -0.1) is 0 Å². The van der Waals surface area contributed by atoms with Crippen LogP contribution in [0.5, 0.6) is 5.75 Å². The third-order valence-corrected chi connectivity index (χ3v) is 2.47. The summed E-state index contributed by atoms with van der Waals surface area (Å²) in [7, 11) is 1.56. The van der Waals surface area contributed by atoms with Crippen molar-refractivity contribution in [2.24, 2.45) is 10.9 Å². The van der Waals surface area contributed by atoms with Crippen molar-refractivity contribution in [1.82, 2.24) is 5.32 Å². The summed E-state index contributed by atoms with van der Waals surface area (Å²) in [6, 6.07) is 5.21. The molecular weight excluding hydrogens is 234 g/mol. The van der Waals surface area contributed by atoms with Crippen LogP contribution >= 0.6 is 0 Å². The van der Waals surface area contributed by atoms with Gasteiger partial charge in [-0.3, -0.25) is 4.79 Å². The summed E-state index contributed by atoms with van der Waals surface area (Å²) in [4.78, 5) is 11.8. The number of nitrogens with one attached hydrogen (secondary N) is 1. The van der Waals surface area contributed by atoms with Crippen LogP contribution in [0.2, 0.25) is 0 Å². The Morgan fingerprint density at radius 2 is 2.28 bits per heavy atom. The molecule has 0 bridgehead atoms. The minimum atomic E-state index is -0.223. The number of ether oxygens (including phenoxy) is 1. The van der Waals surface area contributed by atoms with E-state index in [0.717, 1.165) is 5.56 Å². The first kappa shape index (κ1) is 13.8. The Balaban J connectivity index is 2.62. The lowest BCUT2D eigenvalue weighted by atomic mass is 10.1. The Hall–Kier alpha value is -2.24. The van der Waals surface area contributed by atoms with Gasteiger partial charge in [-0.1, -0.05) is 11.2 Å². The number of nitrogens with zero attached hydrogens (tertiary/aromatic N) is 1. The van der Waals surface area contributed by atoms with Gasteiger partial charge >= 0.3 is 0 Å². The van der Waals surface area contributed by atoms with Gasteiger partial charge in [-0.25, -0.2) is 0 Å². The Morgan fingerprint density at radius 1 is 1.56 bits per heavy atom. The predicted octanol–water partition coefficient (Wildman–Crippen LogP) is 0.870. The molecule has 0 unspecified atom stereocenters. The minimum Gasteiger partial charge on any atom is -0.496 e. The molecular formula is C12H17N3O3. The number of aryl methyl sites for hydroxylation is 1. The van der Waals surface area contributed by atoms with Crippen molar-refractivity contribution < 1.29 is 14.7 Å². The average molecular weight is 251 g/mol. The van der Waals surface area contributed by atoms with E-state index in [4.69, 9.17) is 15.7 Å². The SMILES string of the molecule is COc1cc(C(=O)NCCC(N)=NO)ccc1C. The highest BCUT2D eigenvalue weighted by Crippen LogP contribution is 2.18. The summed E-state index contributed by atoms with van der Waals surface area (Å²) in [5.74, 6) is 0.523. The van der Waals surface area contributed by atoms with Crippen LogP contribution in [0.25, 0.3) is 0 Å². The summed E-state index contributed by atoms with van der Waals surface area (Å²) in [6.45, 7) is 2.21. The molecule has 0 saturated carbocycles. The van der Waals surface area contributed by atoms with Gasteiger partial charge in [0, 0.05) is 18.5 Å². The molecule has 0 fully saturated rings. The first-order valence-electron chi connectivity index (χ1n) is 5.47. The molecule has 0 aliphatic rings. The highest BCUT2D eigenvalue weighted by molar-refractivity contribution is 5.95. The molecule has 1 aromatic rings. The number of amides is 1. The summed E-state index contributed by atoms with van der Waals surface area (Å²) >= 11 is 0. The van der Waals surface area contributed by atoms with Gasteiger partial charge in [0.1, 0.15) is 11.6 Å². The number of nitrogens with two attached hydrogens (primary N) is 1. The smallest absolute Gasteiger partial charge is 0.251 e. The number of amidine groups is 1. The normalized spacial score (nSPS) is 11.1. The molecule has 0 saturated heterocycles. The van der Waals surface area contributed by atoms with Gasteiger partial charge in [-0.2, -0.15) is 0 Å². The van der Waals surface area contributed by atoms with Crippen LogP contribution in [0.1, 0.15) is 22.3 Å². The average Bonchev–Trinajstić information content (AvgIpc) is 2.38. The van der Waals surface area contributed by atoms with Crippen molar-refractivity contribution >= 4 is 11.7 Å². The Kier molecular flexibility index (Phi) is 4.98. The number of rotatable bonds is 5. The summed E-state index contributed by atoms with van der Waals surface area (Å²) < 4.78 is 5.14. The Labute approximate surface area is 105 Å². The molecule has 4 N–H and O–H groups in total. The third kappa shape index (κ3) is 3.65. The summed E-state index contributed by atoms with van der Waals surface area (Å²) in [5, 5.41) is 13.8. The molecule has 0 aliphatic heterocycles. The number of hydrogen-bond donors (Lipinski definition) is 3. The number of carbonyl (C=O) groups is 1. The third-order valence-electron chi connectivity index (χ3n) is 2.47. The molecule has 0 aromatic heterocycles. The van der Waals surface area contributed by atoms with Crippen molar-refractivity contribution in [2.45, 2.75) is 13.3 Å². The summed E-state index contributed by atoms with van der Waals surface area (Å²) in [6.07, 6.45) is 0.297. The van der Waals surface area contributed by atoms with Crippen molar-refractivity contribution in [3.8, 4) is 5.75 Å². The van der Waals surface area contributed by atoms with E-state index in [0.29, 0.717) is 24.3 Å². The van der Waals surface area contributed by atoms with Gasteiger partial charge in [0.25, 0.3) is 5.91 Å². The molecule has 6 heteroatoms. The molecule has 0 heterocycles. The second-order valence-corrected chi connectivity index (χ2v) is 3.78. The van der Waals surface area contributed by atoms with E-state index in [1.54, 1.807) is 19.2 Å². The highest BCUT2D eigenvalue weighted by atomic mass is 16.5. The second kappa shape index (κ2) is 6.48. The molecule has 6 nitrogen and oxygen atoms in total. The van der Waals surface area contributed by atoms with Gasteiger partial charge in [-0.05, 0) is 24.6 Å². The van der Waals surface area contributed by atoms with E-state index < -0.39 is 0 Å². The molecule has 18 heavy (non-hydrogen) atoms. The van der Waals surface area contributed by atoms with E-state index in [2.05, 4.69) is 10.5 Å². The zero-order chi connectivity index (χ0) is 13.5. The molecule has 1 rings (SSSR count). The zero-order valence-corrected chi connectivity index (χ0v) is 10.4. The van der Waals surface area contributed by atoms with Crippen molar-refractivity contribution in [3.63, 3.8) is 0 Å². The zero-order valence-electron chi connectivity index (χ0n) is 10.4. The highest BCUT2D eigenvalue weighted by Gasteiger charge is 2.08. The van der Waals surface area contributed by atoms with E-state index in [9.17, 15) is 4.79 Å². The van der Waals surface area contributed by atoms with Crippen molar-refractivity contribution in [2.75, 3.05) is 13.7 Å². The lowest BCUT2D eigenvalue weighted by Gasteiger charge is -2.08. The lowest BCUT2D eigenvalue weighted by Crippen LogP contribution is -2.28. The van der Waals surface area contributed by atoms with Crippen molar-refractivity contribution in [3.05, 3.63) is 29.3 Å². The quantitative estimate of drug-likeness (QED) is 0.313. The number of hydrogen-bond acceptors (Lipinski definition) is 4. The number of oxime groups is 1. The van der Waals surface area contributed by atoms with Gasteiger partial charge in [0.05, 0.1) is 7.11 Å².